The highest BCUT2D eigenvalue weighted by molar-refractivity contribution is 7.80. The number of rotatable bonds is 3. The Hall–Kier alpha value is -0.310. The normalized spacial score (nSPS) is 12.3. The molecule has 0 aliphatic heterocycles. The molecule has 0 aliphatic carbocycles. The van der Waals surface area contributed by atoms with E-state index in [1.807, 2.05) is 6.92 Å². The maximum absolute atomic E-state index is 4.97. The highest BCUT2D eigenvalue weighted by Gasteiger charge is 1.97. The summed E-state index contributed by atoms with van der Waals surface area (Å²) in [5, 5.41) is 6.94. The Kier molecular flexibility index (Phi) is 5.30. The molecule has 0 aliphatic rings. The highest BCUT2D eigenvalue weighted by Crippen LogP contribution is 1.86. The van der Waals surface area contributed by atoms with Crippen LogP contribution in [0.4, 0.5) is 0 Å². The van der Waals surface area contributed by atoms with Crippen LogP contribution >= 0.6 is 12.2 Å². The molecule has 0 rings (SSSR count). The SMILES string of the molecule is CCNC(=S)NC(C)CC. The van der Waals surface area contributed by atoms with Crippen molar-refractivity contribution in [2.45, 2.75) is 33.2 Å². The fourth-order valence-electron chi connectivity index (χ4n) is 0.537. The van der Waals surface area contributed by atoms with Crippen molar-refractivity contribution in [1.82, 2.24) is 10.6 Å². The monoisotopic (exact) mass is 160 g/mol. The molecule has 0 spiro atoms. The third-order valence-corrected chi connectivity index (χ3v) is 1.59. The molecular weight excluding hydrogens is 144 g/mol. The van der Waals surface area contributed by atoms with E-state index in [1.165, 1.54) is 0 Å². The molecule has 1 unspecified atom stereocenters. The Bertz CT molecular complexity index is 104. The largest absolute Gasteiger partial charge is 0.363 e. The molecule has 60 valence electrons. The lowest BCUT2D eigenvalue weighted by atomic mass is 10.3. The van der Waals surface area contributed by atoms with Crippen LogP contribution in [0.3, 0.4) is 0 Å². The summed E-state index contributed by atoms with van der Waals surface area (Å²) >= 11 is 4.97. The topological polar surface area (TPSA) is 24.1 Å². The predicted octanol–water partition coefficient (Wildman–Crippen LogP) is 1.27. The number of thiocarbonyl (C=S) groups is 1. The Balaban J connectivity index is 3.37. The van der Waals surface area contributed by atoms with Gasteiger partial charge in [0, 0.05) is 12.6 Å². The minimum Gasteiger partial charge on any atom is -0.363 e. The van der Waals surface area contributed by atoms with Gasteiger partial charge in [0.25, 0.3) is 0 Å². The summed E-state index contributed by atoms with van der Waals surface area (Å²) in [6.45, 7) is 7.17. The second kappa shape index (κ2) is 5.47. The molecule has 0 radical (unpaired) electrons. The third-order valence-electron chi connectivity index (χ3n) is 1.33. The molecule has 0 fully saturated rings. The van der Waals surface area contributed by atoms with Crippen molar-refractivity contribution in [2.75, 3.05) is 6.54 Å². The summed E-state index contributed by atoms with van der Waals surface area (Å²) in [6, 6.07) is 0.478. The van der Waals surface area contributed by atoms with E-state index in [0.29, 0.717) is 6.04 Å². The van der Waals surface area contributed by atoms with Crippen LogP contribution in [0, 0.1) is 0 Å². The first kappa shape index (κ1) is 9.69. The second-order valence-corrected chi connectivity index (χ2v) is 2.72. The molecule has 0 amide bonds. The average Bonchev–Trinajstić information content (AvgIpc) is 1.88. The minimum atomic E-state index is 0.478. The van der Waals surface area contributed by atoms with E-state index in [1.54, 1.807) is 0 Å². The molecule has 2 nitrogen and oxygen atoms in total. The first-order valence-electron chi connectivity index (χ1n) is 3.75. The lowest BCUT2D eigenvalue weighted by Gasteiger charge is -2.13. The second-order valence-electron chi connectivity index (χ2n) is 2.31. The minimum absolute atomic E-state index is 0.478. The molecule has 0 saturated heterocycles. The first-order chi connectivity index (χ1) is 4.70. The summed E-state index contributed by atoms with van der Waals surface area (Å²) in [5.41, 5.74) is 0. The smallest absolute Gasteiger partial charge is 0.166 e. The quantitative estimate of drug-likeness (QED) is 0.608. The van der Waals surface area contributed by atoms with Gasteiger partial charge in [-0.3, -0.25) is 0 Å². The van der Waals surface area contributed by atoms with Gasteiger partial charge in [-0.15, -0.1) is 0 Å². The number of hydrogen-bond acceptors (Lipinski definition) is 1. The third kappa shape index (κ3) is 4.56. The molecule has 1 atom stereocenters. The fourth-order valence-corrected chi connectivity index (χ4v) is 0.883. The number of nitrogens with one attached hydrogen (secondary N) is 2. The van der Waals surface area contributed by atoms with Crippen LogP contribution in [0.15, 0.2) is 0 Å². The van der Waals surface area contributed by atoms with Crippen molar-refractivity contribution in [2.24, 2.45) is 0 Å². The molecule has 0 aromatic rings. The van der Waals surface area contributed by atoms with Crippen LogP contribution in [-0.2, 0) is 0 Å². The van der Waals surface area contributed by atoms with Gasteiger partial charge in [0.15, 0.2) is 5.11 Å². The maximum Gasteiger partial charge on any atom is 0.166 e. The van der Waals surface area contributed by atoms with Gasteiger partial charge in [0.2, 0.25) is 0 Å². The zero-order chi connectivity index (χ0) is 7.98. The van der Waals surface area contributed by atoms with E-state index in [2.05, 4.69) is 24.5 Å². The van der Waals surface area contributed by atoms with E-state index >= 15 is 0 Å². The summed E-state index contributed by atoms with van der Waals surface area (Å²) in [6.07, 6.45) is 1.10. The van der Waals surface area contributed by atoms with Gasteiger partial charge in [-0.25, -0.2) is 0 Å². The standard InChI is InChI=1S/C7H16N2S/c1-4-6(3)9-7(10)8-5-2/h6H,4-5H2,1-3H3,(H2,8,9,10). The van der Waals surface area contributed by atoms with Gasteiger partial charge in [0.05, 0.1) is 0 Å². The summed E-state index contributed by atoms with van der Waals surface area (Å²) < 4.78 is 0. The van der Waals surface area contributed by atoms with E-state index in [0.717, 1.165) is 18.1 Å². The Morgan fingerprint density at radius 3 is 2.50 bits per heavy atom. The predicted molar refractivity (Wildman–Crippen MR) is 49.2 cm³/mol. The zero-order valence-corrected chi connectivity index (χ0v) is 7.72. The highest BCUT2D eigenvalue weighted by atomic mass is 32.1. The molecule has 0 saturated carbocycles. The molecular formula is C7H16N2S. The van der Waals surface area contributed by atoms with Crippen molar-refractivity contribution in [3.8, 4) is 0 Å². The lowest BCUT2D eigenvalue weighted by Crippen LogP contribution is -2.39. The van der Waals surface area contributed by atoms with Crippen LogP contribution in [0.5, 0.6) is 0 Å². The first-order valence-corrected chi connectivity index (χ1v) is 4.15. The molecule has 0 aromatic carbocycles. The van der Waals surface area contributed by atoms with Crippen LogP contribution in [0.25, 0.3) is 0 Å². The Morgan fingerprint density at radius 1 is 1.50 bits per heavy atom. The van der Waals surface area contributed by atoms with Crippen LogP contribution in [-0.4, -0.2) is 17.7 Å². The lowest BCUT2D eigenvalue weighted by molar-refractivity contribution is 0.634. The summed E-state index contributed by atoms with van der Waals surface area (Å²) in [4.78, 5) is 0. The summed E-state index contributed by atoms with van der Waals surface area (Å²) in [7, 11) is 0. The molecule has 2 N–H and O–H groups in total. The van der Waals surface area contributed by atoms with E-state index in [4.69, 9.17) is 12.2 Å². The van der Waals surface area contributed by atoms with Gasteiger partial charge >= 0.3 is 0 Å². The van der Waals surface area contributed by atoms with Crippen molar-refractivity contribution < 1.29 is 0 Å². The fraction of sp³-hybridized carbons (Fsp3) is 0.857. The molecule has 3 heteroatoms. The van der Waals surface area contributed by atoms with Crippen molar-refractivity contribution >= 4 is 17.3 Å². The Morgan fingerprint density at radius 2 is 2.10 bits per heavy atom. The van der Waals surface area contributed by atoms with Gasteiger partial charge in [-0.1, -0.05) is 6.92 Å². The van der Waals surface area contributed by atoms with Crippen molar-refractivity contribution in [3.63, 3.8) is 0 Å². The maximum atomic E-state index is 4.97. The van der Waals surface area contributed by atoms with E-state index < -0.39 is 0 Å². The zero-order valence-electron chi connectivity index (χ0n) is 6.90. The summed E-state index contributed by atoms with van der Waals surface area (Å²) in [5.74, 6) is 0. The van der Waals surface area contributed by atoms with Gasteiger partial charge in [-0.05, 0) is 32.5 Å². The van der Waals surface area contributed by atoms with Crippen LogP contribution in [0.2, 0.25) is 0 Å². The van der Waals surface area contributed by atoms with E-state index in [-0.39, 0.29) is 0 Å². The Labute approximate surface area is 68.4 Å². The van der Waals surface area contributed by atoms with Crippen LogP contribution < -0.4 is 10.6 Å². The van der Waals surface area contributed by atoms with Crippen molar-refractivity contribution in [3.05, 3.63) is 0 Å². The molecule has 0 heterocycles. The van der Waals surface area contributed by atoms with E-state index in [9.17, 15) is 0 Å². The molecule has 10 heavy (non-hydrogen) atoms. The number of hydrogen-bond donors (Lipinski definition) is 2. The molecule has 0 aromatic heterocycles. The molecule has 0 bridgehead atoms. The van der Waals surface area contributed by atoms with Gasteiger partial charge in [0.1, 0.15) is 0 Å². The average molecular weight is 160 g/mol. The van der Waals surface area contributed by atoms with Gasteiger partial charge < -0.3 is 10.6 Å². The van der Waals surface area contributed by atoms with Gasteiger partial charge in [-0.2, -0.15) is 0 Å². The van der Waals surface area contributed by atoms with Crippen LogP contribution in [0.1, 0.15) is 27.2 Å². The van der Waals surface area contributed by atoms with Crippen molar-refractivity contribution in [1.29, 1.82) is 0 Å².